The number of nitrogens with zero attached hydrogens (tertiary/aromatic N) is 2. The number of nitrogens with one attached hydrogen (secondary N) is 3. The summed E-state index contributed by atoms with van der Waals surface area (Å²) in [6.45, 7) is 8.52. The Morgan fingerprint density at radius 3 is 2.34 bits per heavy atom. The van der Waals surface area contributed by atoms with E-state index in [9.17, 15) is 37.9 Å². The Bertz CT molecular complexity index is 972. The second-order valence-electron chi connectivity index (χ2n) is 13.0. The zero-order chi connectivity index (χ0) is 28.7. The monoisotopic (exact) mass is 559 g/mol. The maximum atomic E-state index is 13.8. The predicted molar refractivity (Wildman–Crippen MR) is 136 cm³/mol. The minimum atomic E-state index is -5.14. The fraction of sp³-hybridized carbons (Fsp3) is 0.840. The van der Waals surface area contributed by atoms with Crippen LogP contribution in [0.3, 0.4) is 0 Å². The van der Waals surface area contributed by atoms with Crippen molar-refractivity contribution in [3.8, 4) is 6.07 Å². The maximum Gasteiger partial charge on any atom is 0.471 e. The van der Waals surface area contributed by atoms with Crippen molar-refractivity contribution < 1.29 is 32.7 Å². The predicted octanol–water partition coefficient (Wildman–Crippen LogP) is 2.18. The van der Waals surface area contributed by atoms with Gasteiger partial charge in [-0.15, -0.1) is 0 Å². The number of carbonyl (C=O) groups is 3. The number of amides is 3. The van der Waals surface area contributed by atoms with E-state index in [0.29, 0.717) is 18.6 Å². The van der Waals surface area contributed by atoms with Crippen molar-refractivity contribution >= 4 is 25.8 Å². The van der Waals surface area contributed by atoms with Gasteiger partial charge in [-0.2, -0.15) is 18.4 Å². The number of aliphatic hydroxyl groups excluding tert-OH is 1. The average molecular weight is 560 g/mol. The van der Waals surface area contributed by atoms with Crippen molar-refractivity contribution in [2.75, 3.05) is 6.17 Å². The van der Waals surface area contributed by atoms with Gasteiger partial charge in [-0.05, 0) is 38.1 Å². The van der Waals surface area contributed by atoms with Crippen molar-refractivity contribution in [1.29, 1.82) is 5.26 Å². The van der Waals surface area contributed by atoms with E-state index in [1.165, 1.54) is 4.90 Å². The second-order valence-corrected chi connectivity index (χ2v) is 17.7. The lowest BCUT2D eigenvalue weighted by molar-refractivity contribution is -0.176. The van der Waals surface area contributed by atoms with Gasteiger partial charge < -0.3 is 20.6 Å². The lowest BCUT2D eigenvalue weighted by atomic mass is 9.85. The summed E-state index contributed by atoms with van der Waals surface area (Å²) in [4.78, 5) is 39.4. The Kier molecular flexibility index (Phi) is 8.61. The highest BCUT2D eigenvalue weighted by atomic mass is 28.3. The van der Waals surface area contributed by atoms with Gasteiger partial charge in [0.15, 0.2) is 0 Å². The molecule has 3 aliphatic heterocycles. The first-order valence-corrected chi connectivity index (χ1v) is 16.0. The minimum absolute atomic E-state index is 0.157. The molecule has 38 heavy (non-hydrogen) atoms. The normalized spacial score (nSPS) is 27.1. The molecular formula is C25H40F3N5O4Si. The molecule has 3 aliphatic rings. The number of nitriles is 1. The van der Waals surface area contributed by atoms with Gasteiger partial charge in [0.2, 0.25) is 11.8 Å². The van der Waals surface area contributed by atoms with Gasteiger partial charge in [0.25, 0.3) is 0 Å². The second kappa shape index (κ2) is 10.8. The Morgan fingerprint density at radius 1 is 1.26 bits per heavy atom. The van der Waals surface area contributed by atoms with Gasteiger partial charge in [0.05, 0.1) is 26.2 Å². The number of alkyl halides is 3. The summed E-state index contributed by atoms with van der Waals surface area (Å²) in [5, 5.41) is 28.7. The first kappa shape index (κ1) is 30.4. The van der Waals surface area contributed by atoms with Gasteiger partial charge >= 0.3 is 12.1 Å². The Balaban J connectivity index is 1.81. The summed E-state index contributed by atoms with van der Waals surface area (Å²) in [6, 6.07) is 1.51. The van der Waals surface area contributed by atoms with Gasteiger partial charge in [0.1, 0.15) is 12.3 Å². The van der Waals surface area contributed by atoms with Crippen LogP contribution in [0, 0.1) is 22.7 Å². The molecule has 3 rings (SSSR count). The van der Waals surface area contributed by atoms with E-state index in [4.69, 9.17) is 0 Å². The first-order chi connectivity index (χ1) is 17.4. The number of rotatable bonds is 7. The van der Waals surface area contributed by atoms with Crippen LogP contribution in [0.5, 0.6) is 0 Å². The van der Waals surface area contributed by atoms with E-state index < -0.39 is 67.3 Å². The molecule has 1 spiro atoms. The first-order valence-electron chi connectivity index (χ1n) is 13.2. The van der Waals surface area contributed by atoms with Crippen LogP contribution in [-0.4, -0.2) is 78.0 Å². The van der Waals surface area contributed by atoms with Crippen LogP contribution in [-0.2, 0) is 14.4 Å². The van der Waals surface area contributed by atoms with Crippen molar-refractivity contribution in [3.63, 3.8) is 0 Å². The van der Waals surface area contributed by atoms with E-state index in [-0.39, 0.29) is 12.3 Å². The average Bonchev–Trinajstić information content (AvgIpc) is 3.47. The molecule has 3 saturated heterocycles. The largest absolute Gasteiger partial charge is 0.471 e. The van der Waals surface area contributed by atoms with Gasteiger partial charge in [-0.1, -0.05) is 45.7 Å². The molecule has 2 unspecified atom stereocenters. The lowest BCUT2D eigenvalue weighted by Crippen LogP contribution is -2.60. The van der Waals surface area contributed by atoms with Gasteiger partial charge in [-0.3, -0.25) is 19.7 Å². The number of halogens is 3. The molecule has 13 heteroatoms. The van der Waals surface area contributed by atoms with E-state index in [1.807, 2.05) is 19.2 Å². The highest BCUT2D eigenvalue weighted by molar-refractivity contribution is 6.81. The van der Waals surface area contributed by atoms with Crippen molar-refractivity contribution in [1.82, 2.24) is 20.9 Å². The summed E-state index contributed by atoms with van der Waals surface area (Å²) < 4.78 is 39.2. The third-order valence-corrected chi connectivity index (χ3v) is 13.3. The third-order valence-electron chi connectivity index (χ3n) is 8.14. The molecule has 0 radical (unpaired) electrons. The molecule has 3 amide bonds. The highest BCUT2D eigenvalue weighted by Gasteiger charge is 2.54. The zero-order valence-electron chi connectivity index (χ0n) is 22.7. The van der Waals surface area contributed by atoms with Crippen LogP contribution in [0.1, 0.15) is 60.3 Å². The highest BCUT2D eigenvalue weighted by Crippen LogP contribution is 2.42. The summed E-state index contributed by atoms with van der Waals surface area (Å²) in [7, 11) is -2.01. The SMILES string of the molecule is CC1(C)C[C@@H](C[C@@H](C#N)NC(O)C2C[Si]3(CCCC3)CN2C(=O)[C@@H](NC(=O)C(F)(F)F)C(C)(C)C)C(=O)N1. The topological polar surface area (TPSA) is 135 Å². The quantitative estimate of drug-likeness (QED) is 0.279. The van der Waals surface area contributed by atoms with Crippen molar-refractivity contribution in [3.05, 3.63) is 0 Å². The molecule has 0 aliphatic carbocycles. The van der Waals surface area contributed by atoms with E-state index in [0.717, 1.165) is 24.9 Å². The Labute approximate surface area is 222 Å². The van der Waals surface area contributed by atoms with Crippen LogP contribution in [0.2, 0.25) is 18.1 Å². The molecule has 0 saturated carbocycles. The molecule has 3 fully saturated rings. The number of hydrogen-bond acceptors (Lipinski definition) is 6. The molecule has 3 heterocycles. The Hall–Kier alpha value is -2.17. The fourth-order valence-corrected chi connectivity index (χ4v) is 11.8. The number of carbonyl (C=O) groups excluding carboxylic acids is 3. The molecule has 0 aromatic carbocycles. The number of aliphatic hydroxyl groups is 1. The third kappa shape index (κ3) is 6.87. The van der Waals surface area contributed by atoms with Crippen molar-refractivity contribution in [2.45, 2.75) is 115 Å². The molecule has 214 valence electrons. The minimum Gasteiger partial charge on any atom is -0.376 e. The van der Waals surface area contributed by atoms with E-state index in [1.54, 1.807) is 20.8 Å². The Morgan fingerprint density at radius 2 is 1.87 bits per heavy atom. The van der Waals surface area contributed by atoms with E-state index in [2.05, 4.69) is 16.7 Å². The molecule has 0 aromatic heterocycles. The number of hydrogen-bond donors (Lipinski definition) is 4. The smallest absolute Gasteiger partial charge is 0.376 e. The van der Waals surface area contributed by atoms with Crippen molar-refractivity contribution in [2.24, 2.45) is 11.3 Å². The fourth-order valence-electron chi connectivity index (χ4n) is 6.28. The van der Waals surface area contributed by atoms with E-state index >= 15 is 0 Å². The molecule has 0 aromatic rings. The summed E-state index contributed by atoms with van der Waals surface area (Å²) in [5.41, 5.74) is -1.41. The molecule has 9 nitrogen and oxygen atoms in total. The van der Waals surface area contributed by atoms with Crippen LogP contribution in [0.4, 0.5) is 13.2 Å². The standard InChI is InChI=1S/C25H40F3N5O4Si/c1-23(2,3)18(31-22(37)25(26,27)28)21(36)33-14-38(8-6-7-9-38)13-17(33)20(35)30-16(12-29)10-15-11-24(4,5)32-19(15)34/h15-18,20,30,35H,6-11,13-14H2,1-5H3,(H,31,37)(H,32,34)/t15-,16+,17?,18-,20?/m1/s1. The van der Waals surface area contributed by atoms with Crippen LogP contribution < -0.4 is 16.0 Å². The molecule has 0 bridgehead atoms. The van der Waals surface area contributed by atoms with Gasteiger partial charge in [-0.25, -0.2) is 0 Å². The van der Waals surface area contributed by atoms with Gasteiger partial charge in [0, 0.05) is 17.6 Å². The maximum absolute atomic E-state index is 13.8. The molecular weight excluding hydrogens is 519 g/mol. The summed E-state index contributed by atoms with van der Waals surface area (Å²) >= 11 is 0. The van der Waals surface area contributed by atoms with Crippen LogP contribution >= 0.6 is 0 Å². The van der Waals surface area contributed by atoms with Crippen LogP contribution in [0.15, 0.2) is 0 Å². The lowest BCUT2D eigenvalue weighted by Gasteiger charge is -2.37. The van der Waals surface area contributed by atoms with Crippen LogP contribution in [0.25, 0.3) is 0 Å². The summed E-state index contributed by atoms with van der Waals surface area (Å²) in [6.07, 6.45) is -3.34. The summed E-state index contributed by atoms with van der Waals surface area (Å²) in [5.74, 6) is -3.41. The molecule has 4 N–H and O–H groups in total. The zero-order valence-corrected chi connectivity index (χ0v) is 23.7. The molecule has 5 atom stereocenters.